The van der Waals surface area contributed by atoms with Crippen molar-refractivity contribution in [3.63, 3.8) is 0 Å². The highest BCUT2D eigenvalue weighted by Crippen LogP contribution is 2.08. The average Bonchev–Trinajstić information content (AvgIpc) is 2.50. The Morgan fingerprint density at radius 1 is 1.10 bits per heavy atom. The zero-order chi connectivity index (χ0) is 15.8. The van der Waals surface area contributed by atoms with Crippen LogP contribution in [-0.4, -0.2) is 35.5 Å². The van der Waals surface area contributed by atoms with Gasteiger partial charge in [0.1, 0.15) is 12.7 Å². The van der Waals surface area contributed by atoms with Gasteiger partial charge in [-0.15, -0.1) is 0 Å². The van der Waals surface area contributed by atoms with Gasteiger partial charge in [-0.3, -0.25) is 0 Å². The van der Waals surface area contributed by atoms with Crippen LogP contribution in [0.4, 0.5) is 0 Å². The van der Waals surface area contributed by atoms with Gasteiger partial charge < -0.3 is 14.9 Å². The van der Waals surface area contributed by atoms with E-state index in [1.54, 1.807) is 6.08 Å². The third kappa shape index (κ3) is 15.1. The lowest BCUT2D eigenvalue weighted by Gasteiger charge is -2.05. The summed E-state index contributed by atoms with van der Waals surface area (Å²) in [6, 6.07) is 0. The lowest BCUT2D eigenvalue weighted by Crippen LogP contribution is -2.21. The fourth-order valence-electron chi connectivity index (χ4n) is 1.81. The number of carbonyl (C=O) groups excluding carboxylic acids is 1. The minimum Gasteiger partial charge on any atom is -0.460 e. The summed E-state index contributed by atoms with van der Waals surface area (Å²) < 4.78 is 4.72. The summed E-state index contributed by atoms with van der Waals surface area (Å²) in [7, 11) is 0. The number of hydrogen-bond donors (Lipinski definition) is 2. The fraction of sp³-hybridized carbons (Fsp3) is 0.706. The van der Waals surface area contributed by atoms with Crippen LogP contribution in [0.15, 0.2) is 24.3 Å². The molecule has 4 heteroatoms. The van der Waals surface area contributed by atoms with E-state index >= 15 is 0 Å². The van der Waals surface area contributed by atoms with E-state index in [9.17, 15) is 4.79 Å². The van der Waals surface area contributed by atoms with Crippen molar-refractivity contribution in [2.24, 2.45) is 0 Å². The molecule has 0 aromatic carbocycles. The predicted octanol–water partition coefficient (Wildman–Crippen LogP) is 3.14. The SMILES string of the molecule is CCCCCCCCC/C=C/C=C/C(=O)OC[C@@H](O)CO. The molecule has 2 N–H and O–H groups in total. The molecule has 0 rings (SSSR count). The molecule has 0 aromatic heterocycles. The Balaban J connectivity index is 3.45. The van der Waals surface area contributed by atoms with Gasteiger partial charge in [0.2, 0.25) is 0 Å². The Morgan fingerprint density at radius 3 is 2.43 bits per heavy atom. The first kappa shape index (κ1) is 19.9. The van der Waals surface area contributed by atoms with Crippen molar-refractivity contribution < 1.29 is 19.7 Å². The zero-order valence-corrected chi connectivity index (χ0v) is 13.2. The number of rotatable bonds is 13. The molecule has 0 saturated carbocycles. The Bertz CT molecular complexity index is 297. The summed E-state index contributed by atoms with van der Waals surface area (Å²) in [6.45, 7) is 1.64. The number of esters is 1. The van der Waals surface area contributed by atoms with Gasteiger partial charge in [-0.1, -0.05) is 63.7 Å². The number of carbonyl (C=O) groups is 1. The van der Waals surface area contributed by atoms with Crippen LogP contribution in [0.25, 0.3) is 0 Å². The maximum absolute atomic E-state index is 11.2. The van der Waals surface area contributed by atoms with Crippen LogP contribution in [0.1, 0.15) is 58.3 Å². The Labute approximate surface area is 128 Å². The first-order chi connectivity index (χ1) is 10.2. The van der Waals surface area contributed by atoms with Crippen molar-refractivity contribution in [3.05, 3.63) is 24.3 Å². The van der Waals surface area contributed by atoms with Crippen molar-refractivity contribution in [3.8, 4) is 0 Å². The highest BCUT2D eigenvalue weighted by molar-refractivity contribution is 5.82. The van der Waals surface area contributed by atoms with Crippen LogP contribution in [0.5, 0.6) is 0 Å². The molecule has 0 spiro atoms. The van der Waals surface area contributed by atoms with Crippen LogP contribution in [0, 0.1) is 0 Å². The lowest BCUT2D eigenvalue weighted by atomic mass is 10.1. The quantitative estimate of drug-likeness (QED) is 0.237. The van der Waals surface area contributed by atoms with E-state index in [2.05, 4.69) is 6.92 Å². The highest BCUT2D eigenvalue weighted by atomic mass is 16.5. The van der Waals surface area contributed by atoms with Crippen molar-refractivity contribution in [1.82, 2.24) is 0 Å². The Morgan fingerprint density at radius 2 is 1.76 bits per heavy atom. The number of unbranched alkanes of at least 4 members (excludes halogenated alkanes) is 7. The molecule has 0 aliphatic carbocycles. The standard InChI is InChI=1S/C17H30O4/c1-2-3-4-5-6-7-8-9-10-11-12-13-17(20)21-15-16(19)14-18/h10-13,16,18-19H,2-9,14-15H2,1H3/b11-10+,13-12+/t16-/m0/s1. The van der Waals surface area contributed by atoms with Crippen LogP contribution in [0.3, 0.4) is 0 Å². The second-order valence-corrected chi connectivity index (χ2v) is 5.16. The molecule has 0 radical (unpaired) electrons. The summed E-state index contributed by atoms with van der Waals surface area (Å²) in [5.41, 5.74) is 0. The zero-order valence-electron chi connectivity index (χ0n) is 13.2. The van der Waals surface area contributed by atoms with E-state index in [1.807, 2.05) is 12.2 Å². The van der Waals surface area contributed by atoms with E-state index in [4.69, 9.17) is 14.9 Å². The Hall–Kier alpha value is -1.13. The van der Waals surface area contributed by atoms with Crippen molar-refractivity contribution >= 4 is 5.97 Å². The molecule has 0 fully saturated rings. The first-order valence-corrected chi connectivity index (χ1v) is 7.99. The van der Waals surface area contributed by atoms with Gasteiger partial charge in [0.25, 0.3) is 0 Å². The third-order valence-electron chi connectivity index (χ3n) is 3.08. The second-order valence-electron chi connectivity index (χ2n) is 5.16. The van der Waals surface area contributed by atoms with Gasteiger partial charge in [-0.25, -0.2) is 4.79 Å². The molecule has 0 bridgehead atoms. The summed E-state index contributed by atoms with van der Waals surface area (Å²) in [6.07, 6.45) is 15.9. The summed E-state index contributed by atoms with van der Waals surface area (Å²) in [4.78, 5) is 11.2. The maximum atomic E-state index is 11.2. The van der Waals surface area contributed by atoms with Crippen molar-refractivity contribution in [2.75, 3.05) is 13.2 Å². The molecular formula is C17H30O4. The van der Waals surface area contributed by atoms with Gasteiger partial charge in [0.05, 0.1) is 6.61 Å². The Kier molecular flexibility index (Phi) is 14.4. The number of aliphatic hydroxyl groups excluding tert-OH is 2. The molecule has 0 saturated heterocycles. The molecule has 0 aromatic rings. The molecule has 0 heterocycles. The molecule has 122 valence electrons. The number of hydrogen-bond acceptors (Lipinski definition) is 4. The van der Waals surface area contributed by atoms with E-state index in [0.717, 1.165) is 6.42 Å². The molecule has 21 heavy (non-hydrogen) atoms. The molecule has 0 aliphatic heterocycles. The monoisotopic (exact) mass is 298 g/mol. The fourth-order valence-corrected chi connectivity index (χ4v) is 1.81. The van der Waals surface area contributed by atoms with Crippen LogP contribution in [0.2, 0.25) is 0 Å². The van der Waals surface area contributed by atoms with Gasteiger partial charge in [0.15, 0.2) is 0 Å². The normalized spacial score (nSPS) is 13.1. The average molecular weight is 298 g/mol. The van der Waals surface area contributed by atoms with Crippen LogP contribution < -0.4 is 0 Å². The number of ether oxygens (including phenoxy) is 1. The smallest absolute Gasteiger partial charge is 0.330 e. The molecular weight excluding hydrogens is 268 g/mol. The highest BCUT2D eigenvalue weighted by Gasteiger charge is 2.04. The molecule has 4 nitrogen and oxygen atoms in total. The van der Waals surface area contributed by atoms with Gasteiger partial charge in [-0.2, -0.15) is 0 Å². The van der Waals surface area contributed by atoms with Gasteiger partial charge >= 0.3 is 5.97 Å². The van der Waals surface area contributed by atoms with E-state index in [-0.39, 0.29) is 6.61 Å². The minimum absolute atomic E-state index is 0.179. The molecule has 1 atom stereocenters. The van der Waals surface area contributed by atoms with Crippen molar-refractivity contribution in [1.29, 1.82) is 0 Å². The molecule has 0 aliphatic rings. The largest absolute Gasteiger partial charge is 0.460 e. The van der Waals surface area contributed by atoms with Crippen molar-refractivity contribution in [2.45, 2.75) is 64.4 Å². The molecule has 0 unspecified atom stereocenters. The van der Waals surface area contributed by atoms with Crippen LogP contribution >= 0.6 is 0 Å². The van der Waals surface area contributed by atoms with E-state index in [1.165, 1.54) is 51.0 Å². The second kappa shape index (κ2) is 15.3. The predicted molar refractivity (Wildman–Crippen MR) is 84.9 cm³/mol. The summed E-state index contributed by atoms with van der Waals surface area (Å²) in [5, 5.41) is 17.6. The lowest BCUT2D eigenvalue weighted by molar-refractivity contribution is -0.141. The van der Waals surface area contributed by atoms with Gasteiger partial charge in [0, 0.05) is 6.08 Å². The summed E-state index contributed by atoms with van der Waals surface area (Å²) >= 11 is 0. The summed E-state index contributed by atoms with van der Waals surface area (Å²) in [5.74, 6) is -0.511. The van der Waals surface area contributed by atoms with E-state index in [0.29, 0.717) is 0 Å². The first-order valence-electron chi connectivity index (χ1n) is 7.99. The van der Waals surface area contributed by atoms with E-state index < -0.39 is 18.7 Å². The van der Waals surface area contributed by atoms with Crippen LogP contribution in [-0.2, 0) is 9.53 Å². The topological polar surface area (TPSA) is 66.8 Å². The third-order valence-corrected chi connectivity index (χ3v) is 3.08. The number of aliphatic hydroxyl groups is 2. The molecule has 0 amide bonds. The minimum atomic E-state index is -1.00. The van der Waals surface area contributed by atoms with Gasteiger partial charge in [-0.05, 0) is 12.8 Å². The maximum Gasteiger partial charge on any atom is 0.330 e. The number of allylic oxidation sites excluding steroid dienone is 3.